The molecule has 2 atom stereocenters. The van der Waals surface area contributed by atoms with Crippen molar-refractivity contribution in [2.45, 2.75) is 18.5 Å². The summed E-state index contributed by atoms with van der Waals surface area (Å²) < 4.78 is 43.8. The maximum Gasteiger partial charge on any atom is 0.417 e. The van der Waals surface area contributed by atoms with Gasteiger partial charge in [-0.05, 0) is 48.2 Å². The van der Waals surface area contributed by atoms with Gasteiger partial charge in [-0.2, -0.15) is 13.2 Å². The highest BCUT2D eigenvalue weighted by Gasteiger charge is 2.37. The number of rotatable bonds is 6. The minimum atomic E-state index is -4.46. The Morgan fingerprint density at radius 1 is 1.00 bits per heavy atom. The SMILES string of the molecule is O=C(c1ccc(Cl)nc1)N1C[C@@H](CCOc2ccc(C(F)(F)F)cn2)[C@@H](c2ccc(Cl)c(Cl)c2)C1. The van der Waals surface area contributed by atoms with Crippen molar-refractivity contribution in [2.75, 3.05) is 19.7 Å². The van der Waals surface area contributed by atoms with Gasteiger partial charge in [0, 0.05) is 37.5 Å². The lowest BCUT2D eigenvalue weighted by Gasteiger charge is -2.19. The van der Waals surface area contributed by atoms with E-state index in [1.54, 1.807) is 29.2 Å². The molecule has 0 aliphatic carbocycles. The van der Waals surface area contributed by atoms with Crippen molar-refractivity contribution < 1.29 is 22.7 Å². The summed E-state index contributed by atoms with van der Waals surface area (Å²) in [5, 5.41) is 1.14. The van der Waals surface area contributed by atoms with Gasteiger partial charge in [-0.25, -0.2) is 9.97 Å². The fraction of sp³-hybridized carbons (Fsp3) is 0.292. The number of likely N-dealkylation sites (tertiary alicyclic amines) is 1. The molecule has 0 saturated carbocycles. The first-order chi connectivity index (χ1) is 16.6. The zero-order valence-electron chi connectivity index (χ0n) is 18.1. The number of carbonyl (C=O) groups excluding carboxylic acids is 1. The van der Waals surface area contributed by atoms with Crippen molar-refractivity contribution in [2.24, 2.45) is 5.92 Å². The summed E-state index contributed by atoms with van der Waals surface area (Å²) in [4.78, 5) is 22.5. The van der Waals surface area contributed by atoms with Crippen molar-refractivity contribution in [3.05, 3.63) is 86.7 Å². The van der Waals surface area contributed by atoms with Gasteiger partial charge in [0.2, 0.25) is 5.88 Å². The summed E-state index contributed by atoms with van der Waals surface area (Å²) >= 11 is 18.1. The molecule has 35 heavy (non-hydrogen) atoms. The summed E-state index contributed by atoms with van der Waals surface area (Å²) in [7, 11) is 0. The Morgan fingerprint density at radius 2 is 1.80 bits per heavy atom. The third-order valence-corrected chi connectivity index (χ3v) is 6.84. The Morgan fingerprint density at radius 3 is 2.43 bits per heavy atom. The first-order valence-electron chi connectivity index (χ1n) is 10.6. The minimum Gasteiger partial charge on any atom is -0.478 e. The monoisotopic (exact) mass is 543 g/mol. The lowest BCUT2D eigenvalue weighted by Crippen LogP contribution is -2.29. The molecule has 2 aromatic heterocycles. The Balaban J connectivity index is 1.47. The number of ether oxygens (including phenoxy) is 1. The minimum absolute atomic E-state index is 0.00546. The standard InChI is InChI=1S/C24H19Cl3F3N3O2/c25-19-4-1-14(9-20(19)26)18-13-33(23(34)15-2-5-21(27)31-10-15)12-16(18)7-8-35-22-6-3-17(11-32-22)24(28,29)30/h1-6,9-11,16,18H,7-8,12-13H2/t16-,18-/m1/s1. The molecular weight excluding hydrogens is 526 g/mol. The molecule has 1 aliphatic heterocycles. The van der Waals surface area contributed by atoms with Gasteiger partial charge in [-0.15, -0.1) is 0 Å². The van der Waals surface area contributed by atoms with E-state index < -0.39 is 11.7 Å². The number of halogens is 6. The molecule has 184 valence electrons. The van der Waals surface area contributed by atoms with E-state index in [1.807, 2.05) is 6.07 Å². The largest absolute Gasteiger partial charge is 0.478 e. The second-order valence-corrected chi connectivity index (χ2v) is 9.34. The van der Waals surface area contributed by atoms with E-state index in [-0.39, 0.29) is 30.2 Å². The third kappa shape index (κ3) is 6.18. The number of nitrogens with zero attached hydrogens (tertiary/aromatic N) is 3. The molecule has 1 amide bonds. The van der Waals surface area contributed by atoms with Crippen molar-refractivity contribution in [3.63, 3.8) is 0 Å². The van der Waals surface area contributed by atoms with Crippen LogP contribution in [0, 0.1) is 5.92 Å². The highest BCUT2D eigenvalue weighted by Crippen LogP contribution is 2.38. The number of pyridine rings is 2. The molecule has 0 radical (unpaired) electrons. The topological polar surface area (TPSA) is 55.3 Å². The van der Waals surface area contributed by atoms with E-state index in [4.69, 9.17) is 39.5 Å². The van der Waals surface area contributed by atoms with E-state index in [2.05, 4.69) is 9.97 Å². The molecule has 3 heterocycles. The Kier molecular flexibility index (Phi) is 7.73. The predicted octanol–water partition coefficient (Wildman–Crippen LogP) is 6.78. The van der Waals surface area contributed by atoms with Crippen molar-refractivity contribution >= 4 is 40.7 Å². The van der Waals surface area contributed by atoms with Crippen molar-refractivity contribution in [1.29, 1.82) is 0 Å². The molecule has 3 aromatic rings. The van der Waals surface area contributed by atoms with E-state index >= 15 is 0 Å². The molecule has 1 aliphatic rings. The summed E-state index contributed by atoms with van der Waals surface area (Å²) in [6.45, 7) is 1.12. The van der Waals surface area contributed by atoms with Crippen LogP contribution in [0.4, 0.5) is 13.2 Å². The predicted molar refractivity (Wildman–Crippen MR) is 127 cm³/mol. The van der Waals surface area contributed by atoms with Crippen LogP contribution in [0.15, 0.2) is 54.9 Å². The van der Waals surface area contributed by atoms with Gasteiger partial charge in [0.1, 0.15) is 5.15 Å². The van der Waals surface area contributed by atoms with E-state index in [0.29, 0.717) is 40.3 Å². The molecule has 1 fully saturated rings. The first kappa shape index (κ1) is 25.5. The van der Waals surface area contributed by atoms with Crippen LogP contribution in [0.2, 0.25) is 15.2 Å². The molecule has 0 unspecified atom stereocenters. The summed E-state index contributed by atoms with van der Waals surface area (Å²) in [5.74, 6) is -0.113. The molecule has 1 saturated heterocycles. The Hall–Kier alpha value is -2.55. The molecular formula is C24H19Cl3F3N3O2. The summed E-state index contributed by atoms with van der Waals surface area (Å²) in [5.41, 5.74) is 0.515. The molecule has 0 bridgehead atoms. The van der Waals surface area contributed by atoms with Gasteiger partial charge in [0.25, 0.3) is 5.91 Å². The van der Waals surface area contributed by atoms with Crippen molar-refractivity contribution in [3.8, 4) is 5.88 Å². The Labute approximate surface area is 214 Å². The fourth-order valence-electron chi connectivity index (χ4n) is 4.08. The highest BCUT2D eigenvalue weighted by atomic mass is 35.5. The number of carbonyl (C=O) groups is 1. The normalized spacial score (nSPS) is 18.1. The zero-order chi connectivity index (χ0) is 25.2. The molecule has 4 rings (SSSR count). The van der Waals surface area contributed by atoms with Crippen LogP contribution in [-0.4, -0.2) is 40.5 Å². The van der Waals surface area contributed by atoms with Gasteiger partial charge in [-0.3, -0.25) is 4.79 Å². The van der Waals surface area contributed by atoms with Crippen LogP contribution < -0.4 is 4.74 Å². The van der Waals surface area contributed by atoms with Crippen LogP contribution in [0.3, 0.4) is 0 Å². The smallest absolute Gasteiger partial charge is 0.417 e. The maximum atomic E-state index is 13.1. The number of benzene rings is 1. The first-order valence-corrected chi connectivity index (χ1v) is 11.8. The van der Waals surface area contributed by atoms with E-state index in [9.17, 15) is 18.0 Å². The second-order valence-electron chi connectivity index (χ2n) is 8.14. The van der Waals surface area contributed by atoms with Gasteiger partial charge in [0.15, 0.2) is 0 Å². The summed E-state index contributed by atoms with van der Waals surface area (Å²) in [6, 6.07) is 10.7. The molecule has 11 heteroatoms. The number of hydrogen-bond donors (Lipinski definition) is 0. The van der Waals surface area contributed by atoms with Gasteiger partial charge < -0.3 is 9.64 Å². The lowest BCUT2D eigenvalue weighted by molar-refractivity contribution is -0.137. The van der Waals surface area contributed by atoms with Crippen LogP contribution in [0.1, 0.15) is 33.8 Å². The van der Waals surface area contributed by atoms with Crippen LogP contribution in [0.25, 0.3) is 0 Å². The number of amides is 1. The lowest BCUT2D eigenvalue weighted by atomic mass is 9.87. The number of alkyl halides is 3. The average molecular weight is 545 g/mol. The van der Waals surface area contributed by atoms with Crippen LogP contribution in [-0.2, 0) is 6.18 Å². The zero-order valence-corrected chi connectivity index (χ0v) is 20.4. The molecule has 0 N–H and O–H groups in total. The molecule has 1 aromatic carbocycles. The third-order valence-electron chi connectivity index (χ3n) is 5.88. The number of aromatic nitrogens is 2. The molecule has 5 nitrogen and oxygen atoms in total. The highest BCUT2D eigenvalue weighted by molar-refractivity contribution is 6.42. The average Bonchev–Trinajstić information content (AvgIpc) is 3.25. The quantitative estimate of drug-likeness (QED) is 0.321. The van der Waals surface area contributed by atoms with Crippen LogP contribution in [0.5, 0.6) is 5.88 Å². The van der Waals surface area contributed by atoms with Gasteiger partial charge in [0.05, 0.1) is 27.8 Å². The summed E-state index contributed by atoms with van der Waals surface area (Å²) in [6.07, 6.45) is -1.75. The fourth-order valence-corrected chi connectivity index (χ4v) is 4.50. The van der Waals surface area contributed by atoms with E-state index in [0.717, 1.165) is 17.8 Å². The van der Waals surface area contributed by atoms with Gasteiger partial charge in [-0.1, -0.05) is 40.9 Å². The van der Waals surface area contributed by atoms with Crippen molar-refractivity contribution in [1.82, 2.24) is 14.9 Å². The van der Waals surface area contributed by atoms with Gasteiger partial charge >= 0.3 is 6.18 Å². The number of hydrogen-bond acceptors (Lipinski definition) is 4. The van der Waals surface area contributed by atoms with Crippen LogP contribution >= 0.6 is 34.8 Å². The van der Waals surface area contributed by atoms with E-state index in [1.165, 1.54) is 12.3 Å². The second kappa shape index (κ2) is 10.6. The maximum absolute atomic E-state index is 13.1. The Bertz CT molecular complexity index is 1190. The molecule has 0 spiro atoms.